The highest BCUT2D eigenvalue weighted by atomic mass is 35.5. The number of benzene rings is 1. The number of halogens is 2. The molecule has 1 aliphatic rings. The maximum atomic E-state index is 14.9. The van der Waals surface area contributed by atoms with Crippen molar-refractivity contribution in [1.82, 2.24) is 4.98 Å². The van der Waals surface area contributed by atoms with Crippen LogP contribution in [0.2, 0.25) is 5.02 Å². The Morgan fingerprint density at radius 1 is 1.35 bits per heavy atom. The fraction of sp³-hybridized carbons (Fsp3) is 0.533. The summed E-state index contributed by atoms with van der Waals surface area (Å²) >= 11 is 6.08. The molecule has 1 saturated heterocycles. The number of ether oxygens (including phenoxy) is 1. The summed E-state index contributed by atoms with van der Waals surface area (Å²) in [5, 5.41) is -2.59. The molecule has 23 heavy (non-hydrogen) atoms. The smallest absolute Gasteiger partial charge is 0.240 e. The van der Waals surface area contributed by atoms with Crippen molar-refractivity contribution in [2.75, 3.05) is 13.2 Å². The Hall–Kier alpha value is -1.18. The number of sulfone groups is 1. The van der Waals surface area contributed by atoms with Crippen LogP contribution in [-0.4, -0.2) is 31.6 Å². The van der Waals surface area contributed by atoms with Gasteiger partial charge in [-0.2, -0.15) is 0 Å². The van der Waals surface area contributed by atoms with Crippen LogP contribution in [-0.2, 0) is 20.0 Å². The van der Waals surface area contributed by atoms with Crippen LogP contribution < -0.4 is 0 Å². The van der Waals surface area contributed by atoms with Crippen LogP contribution in [0.4, 0.5) is 4.39 Å². The Morgan fingerprint density at radius 2 is 2.04 bits per heavy atom. The lowest BCUT2D eigenvalue weighted by Crippen LogP contribution is -2.34. The molecule has 5 nitrogen and oxygen atoms in total. The quantitative estimate of drug-likeness (QED) is 0.816. The van der Waals surface area contributed by atoms with Crippen LogP contribution in [0.5, 0.6) is 0 Å². The predicted octanol–water partition coefficient (Wildman–Crippen LogP) is 3.64. The van der Waals surface area contributed by atoms with Crippen LogP contribution >= 0.6 is 11.6 Å². The molecule has 1 aliphatic heterocycles. The van der Waals surface area contributed by atoms with Crippen LogP contribution in [0.3, 0.4) is 0 Å². The second-order valence-corrected chi connectivity index (χ2v) is 9.24. The van der Waals surface area contributed by atoms with Crippen molar-refractivity contribution in [2.24, 2.45) is 0 Å². The Balaban J connectivity index is 2.28. The van der Waals surface area contributed by atoms with Gasteiger partial charge in [0.05, 0.1) is 18.2 Å². The molecule has 0 saturated carbocycles. The third-order valence-electron chi connectivity index (χ3n) is 3.79. The van der Waals surface area contributed by atoms with Gasteiger partial charge in [-0.1, -0.05) is 32.4 Å². The highest BCUT2D eigenvalue weighted by molar-refractivity contribution is 7.93. The molecule has 1 aromatic carbocycles. The number of oxazole rings is 1. The van der Waals surface area contributed by atoms with Gasteiger partial charge in [-0.3, -0.25) is 0 Å². The van der Waals surface area contributed by atoms with Crippen molar-refractivity contribution < 1.29 is 22.0 Å². The number of rotatable bonds is 2. The van der Waals surface area contributed by atoms with Crippen LogP contribution in [0, 0.1) is 0 Å². The van der Waals surface area contributed by atoms with Gasteiger partial charge >= 0.3 is 0 Å². The minimum Gasteiger partial charge on any atom is -0.439 e. The summed E-state index contributed by atoms with van der Waals surface area (Å²) in [4.78, 5) is 3.95. The molecule has 1 atom stereocenters. The number of aromatic nitrogens is 1. The van der Waals surface area contributed by atoms with Crippen molar-refractivity contribution in [3.05, 3.63) is 23.0 Å². The van der Waals surface area contributed by atoms with Gasteiger partial charge in [0.15, 0.2) is 5.58 Å². The molecule has 0 aliphatic carbocycles. The van der Waals surface area contributed by atoms with Crippen LogP contribution in [0.15, 0.2) is 21.4 Å². The fourth-order valence-electron chi connectivity index (χ4n) is 2.43. The van der Waals surface area contributed by atoms with Gasteiger partial charge in [0, 0.05) is 11.8 Å². The standard InChI is InChI=1S/C15H17ClFNO4S/c1-14(2,3)13-18-10-5-4-9(16)12(11(10)22-13)23(19,20)15(17)6-7-21-8-15/h4-5H,6-8H2,1-3H3. The van der Waals surface area contributed by atoms with E-state index in [2.05, 4.69) is 4.98 Å². The summed E-state index contributed by atoms with van der Waals surface area (Å²) in [7, 11) is -4.39. The van der Waals surface area contributed by atoms with Gasteiger partial charge < -0.3 is 9.15 Å². The molecule has 126 valence electrons. The zero-order valence-corrected chi connectivity index (χ0v) is 14.6. The summed E-state index contributed by atoms with van der Waals surface area (Å²) in [6.07, 6.45) is -0.234. The van der Waals surface area contributed by atoms with Gasteiger partial charge in [-0.15, -0.1) is 0 Å². The number of alkyl halides is 1. The Morgan fingerprint density at radius 3 is 2.61 bits per heavy atom. The van der Waals surface area contributed by atoms with Crippen LogP contribution in [0.25, 0.3) is 11.1 Å². The zero-order chi connectivity index (χ0) is 17.0. The highest BCUT2D eigenvalue weighted by Gasteiger charge is 2.50. The summed E-state index contributed by atoms with van der Waals surface area (Å²) in [5.74, 6) is 0.363. The van der Waals surface area contributed by atoms with Crippen LogP contribution in [0.1, 0.15) is 33.1 Å². The average Bonchev–Trinajstić information content (AvgIpc) is 3.04. The van der Waals surface area contributed by atoms with E-state index < -0.39 is 26.9 Å². The van der Waals surface area contributed by atoms with E-state index in [1.165, 1.54) is 6.07 Å². The predicted molar refractivity (Wildman–Crippen MR) is 84.2 cm³/mol. The van der Waals surface area contributed by atoms with E-state index in [0.717, 1.165) is 0 Å². The van der Waals surface area contributed by atoms with Crippen molar-refractivity contribution in [3.8, 4) is 0 Å². The molecule has 0 radical (unpaired) electrons. The maximum absolute atomic E-state index is 14.9. The Kier molecular flexibility index (Phi) is 3.74. The molecule has 8 heteroatoms. The van der Waals surface area contributed by atoms with Crippen molar-refractivity contribution in [3.63, 3.8) is 0 Å². The molecule has 0 bridgehead atoms. The molecule has 2 heterocycles. The van der Waals surface area contributed by atoms with E-state index in [9.17, 15) is 12.8 Å². The van der Waals surface area contributed by atoms with E-state index in [1.807, 2.05) is 20.8 Å². The SMILES string of the molecule is CC(C)(C)c1nc2ccc(Cl)c(S(=O)(=O)C3(F)CCOC3)c2o1. The van der Waals surface area contributed by atoms with Gasteiger partial charge in [-0.05, 0) is 12.1 Å². The summed E-state index contributed by atoms with van der Waals surface area (Å²) in [5.41, 5.74) is -0.0945. The minimum atomic E-state index is -4.39. The van der Waals surface area contributed by atoms with Crippen molar-refractivity contribution in [1.29, 1.82) is 0 Å². The molecular formula is C15H17ClFNO4S. The lowest BCUT2D eigenvalue weighted by molar-refractivity contribution is 0.157. The number of nitrogens with zero attached hydrogens (tertiary/aromatic N) is 1. The Labute approximate surface area is 138 Å². The van der Waals surface area contributed by atoms with E-state index >= 15 is 0 Å². The van der Waals surface area contributed by atoms with Gasteiger partial charge in [0.1, 0.15) is 10.4 Å². The third kappa shape index (κ3) is 2.55. The first-order valence-electron chi connectivity index (χ1n) is 7.17. The molecule has 2 aromatic rings. The van der Waals surface area contributed by atoms with Gasteiger partial charge in [0.2, 0.25) is 20.7 Å². The zero-order valence-electron chi connectivity index (χ0n) is 13.0. The van der Waals surface area contributed by atoms with E-state index in [1.54, 1.807) is 6.07 Å². The largest absolute Gasteiger partial charge is 0.439 e. The highest BCUT2D eigenvalue weighted by Crippen LogP contribution is 2.41. The summed E-state index contributed by atoms with van der Waals surface area (Å²) in [6, 6.07) is 2.95. The second kappa shape index (κ2) is 5.16. The van der Waals surface area contributed by atoms with Crippen molar-refractivity contribution >= 4 is 32.5 Å². The second-order valence-electron chi connectivity index (χ2n) is 6.68. The average molecular weight is 362 g/mol. The fourth-order valence-corrected chi connectivity index (χ4v) is 4.56. The molecule has 0 N–H and O–H groups in total. The molecule has 3 rings (SSSR count). The van der Waals surface area contributed by atoms with Gasteiger partial charge in [0.25, 0.3) is 0 Å². The topological polar surface area (TPSA) is 69.4 Å². The first kappa shape index (κ1) is 16.7. The lowest BCUT2D eigenvalue weighted by Gasteiger charge is -2.18. The monoisotopic (exact) mass is 361 g/mol. The lowest BCUT2D eigenvalue weighted by atomic mass is 9.97. The van der Waals surface area contributed by atoms with Gasteiger partial charge in [-0.25, -0.2) is 17.8 Å². The summed E-state index contributed by atoms with van der Waals surface area (Å²) < 4.78 is 51.1. The Bertz CT molecular complexity index is 863. The van der Waals surface area contributed by atoms with E-state index in [4.69, 9.17) is 20.8 Å². The molecule has 0 amide bonds. The van der Waals surface area contributed by atoms with E-state index in [0.29, 0.717) is 11.4 Å². The van der Waals surface area contributed by atoms with E-state index in [-0.39, 0.29) is 28.5 Å². The molecule has 1 fully saturated rings. The maximum Gasteiger partial charge on any atom is 0.240 e. The first-order valence-corrected chi connectivity index (χ1v) is 9.03. The number of hydrogen-bond acceptors (Lipinski definition) is 5. The molecule has 1 aromatic heterocycles. The summed E-state index contributed by atoms with van der Waals surface area (Å²) in [6.45, 7) is 5.19. The number of hydrogen-bond donors (Lipinski definition) is 0. The number of fused-ring (bicyclic) bond motifs is 1. The molecular weight excluding hydrogens is 345 g/mol. The third-order valence-corrected chi connectivity index (χ3v) is 6.45. The first-order chi connectivity index (χ1) is 10.6. The van der Waals surface area contributed by atoms with Crippen molar-refractivity contribution in [2.45, 2.75) is 42.5 Å². The minimum absolute atomic E-state index is 0.00801. The molecule has 0 spiro atoms. The normalized spacial score (nSPS) is 22.8. The molecule has 1 unspecified atom stereocenters.